The largest absolute Gasteiger partial charge is 2.00 e. The van der Waals surface area contributed by atoms with E-state index in [1.165, 1.54) is 6.42 Å². The summed E-state index contributed by atoms with van der Waals surface area (Å²) in [5.41, 5.74) is 0. The van der Waals surface area contributed by atoms with Crippen LogP contribution in [0, 0.1) is 19.3 Å². The molecule has 0 nitrogen and oxygen atoms in total. The van der Waals surface area contributed by atoms with Gasteiger partial charge in [-0.1, -0.05) is 20.3 Å². The topological polar surface area (TPSA) is 0 Å². The standard InChI is InChI=1S/C6H13.C3H7.Mg/c1-4-5-6(2)3;1-3-2;/h6H,1,4-5H2,2-3H3;3H,1-2H3;/q2*-1;+2. The van der Waals surface area contributed by atoms with Gasteiger partial charge in [0.05, 0.1) is 0 Å². The zero-order chi connectivity index (χ0) is 7.70. The quantitative estimate of drug-likeness (QED) is 0.421. The molecular formula is C9H20Mg. The van der Waals surface area contributed by atoms with E-state index in [1.807, 2.05) is 20.3 Å². The summed E-state index contributed by atoms with van der Waals surface area (Å²) < 4.78 is 0. The van der Waals surface area contributed by atoms with Crippen LogP contribution < -0.4 is 0 Å². The van der Waals surface area contributed by atoms with Crippen molar-refractivity contribution in [2.75, 3.05) is 0 Å². The van der Waals surface area contributed by atoms with E-state index in [2.05, 4.69) is 20.8 Å². The van der Waals surface area contributed by atoms with E-state index in [-0.39, 0.29) is 23.1 Å². The summed E-state index contributed by atoms with van der Waals surface area (Å²) in [5.74, 6) is 0.836. The van der Waals surface area contributed by atoms with Crippen LogP contribution in [0.2, 0.25) is 0 Å². The summed E-state index contributed by atoms with van der Waals surface area (Å²) >= 11 is 0. The SMILES string of the molecule is C[CH-]C.[CH2-]CCC(C)C.[Mg+2]. The number of hydrogen-bond acceptors (Lipinski definition) is 0. The summed E-state index contributed by atoms with van der Waals surface area (Å²) in [6.45, 7) is 12.2. The summed E-state index contributed by atoms with van der Waals surface area (Å²) in [6.07, 6.45) is 4.34. The van der Waals surface area contributed by atoms with Gasteiger partial charge in [0.15, 0.2) is 0 Å². The second-order valence-electron chi connectivity index (χ2n) is 2.61. The molecule has 10 heavy (non-hydrogen) atoms. The van der Waals surface area contributed by atoms with Crippen molar-refractivity contribution in [3.8, 4) is 0 Å². The minimum absolute atomic E-state index is 0. The maximum atomic E-state index is 3.73. The van der Waals surface area contributed by atoms with Crippen LogP contribution in [0.3, 0.4) is 0 Å². The Kier molecular flexibility index (Phi) is 27.9. The van der Waals surface area contributed by atoms with E-state index < -0.39 is 0 Å². The molecule has 0 aliphatic carbocycles. The molecule has 0 spiro atoms. The van der Waals surface area contributed by atoms with Crippen LogP contribution in [0.25, 0.3) is 0 Å². The molecule has 0 aromatic rings. The van der Waals surface area contributed by atoms with Gasteiger partial charge in [-0.05, 0) is 5.92 Å². The zero-order valence-corrected chi connectivity index (χ0v) is 9.40. The Morgan fingerprint density at radius 1 is 1.30 bits per heavy atom. The monoisotopic (exact) mass is 152 g/mol. The van der Waals surface area contributed by atoms with Gasteiger partial charge in [-0.2, -0.15) is 20.3 Å². The van der Waals surface area contributed by atoms with Gasteiger partial charge in [0.2, 0.25) is 0 Å². The van der Waals surface area contributed by atoms with E-state index in [0.717, 1.165) is 12.3 Å². The van der Waals surface area contributed by atoms with Crippen LogP contribution in [-0.4, -0.2) is 23.1 Å². The Morgan fingerprint density at radius 3 is 1.60 bits per heavy atom. The van der Waals surface area contributed by atoms with Crippen molar-refractivity contribution in [2.24, 2.45) is 5.92 Å². The fourth-order valence-corrected chi connectivity index (χ4v) is 0.408. The Bertz CT molecular complexity index is 33.7. The summed E-state index contributed by atoms with van der Waals surface area (Å²) in [6, 6.07) is 0. The zero-order valence-electron chi connectivity index (χ0n) is 7.98. The molecule has 0 bridgehead atoms. The first-order valence-electron chi connectivity index (χ1n) is 3.72. The molecule has 0 aliphatic heterocycles. The van der Waals surface area contributed by atoms with E-state index in [1.54, 1.807) is 0 Å². The van der Waals surface area contributed by atoms with E-state index in [9.17, 15) is 0 Å². The molecular weight excluding hydrogens is 132 g/mol. The van der Waals surface area contributed by atoms with Crippen LogP contribution in [0.4, 0.5) is 0 Å². The van der Waals surface area contributed by atoms with Crippen molar-refractivity contribution in [3.05, 3.63) is 13.3 Å². The Hall–Kier alpha value is 0.766. The van der Waals surface area contributed by atoms with Crippen molar-refractivity contribution in [3.63, 3.8) is 0 Å². The van der Waals surface area contributed by atoms with E-state index in [4.69, 9.17) is 0 Å². The van der Waals surface area contributed by atoms with Gasteiger partial charge in [0, 0.05) is 0 Å². The Labute approximate surface area is 82.9 Å². The molecule has 0 rings (SSSR count). The fourth-order valence-electron chi connectivity index (χ4n) is 0.408. The smallest absolute Gasteiger partial charge is 0.343 e. The molecule has 0 atom stereocenters. The number of rotatable bonds is 2. The van der Waals surface area contributed by atoms with Gasteiger partial charge in [-0.3, -0.25) is 0 Å². The summed E-state index contributed by atoms with van der Waals surface area (Å²) in [5, 5.41) is 0. The second kappa shape index (κ2) is 16.4. The van der Waals surface area contributed by atoms with Crippen molar-refractivity contribution in [1.82, 2.24) is 0 Å². The molecule has 58 valence electrons. The molecule has 0 amide bonds. The van der Waals surface area contributed by atoms with Gasteiger partial charge in [0.1, 0.15) is 0 Å². The molecule has 0 fully saturated rings. The predicted octanol–water partition coefficient (Wildman–Crippen LogP) is 3.11. The first kappa shape index (κ1) is 17.0. The third-order valence-corrected chi connectivity index (χ3v) is 0.781. The predicted molar refractivity (Wildman–Crippen MR) is 50.8 cm³/mol. The minimum atomic E-state index is 0. The molecule has 1 heteroatoms. The van der Waals surface area contributed by atoms with Gasteiger partial charge >= 0.3 is 23.1 Å². The molecule has 0 heterocycles. The van der Waals surface area contributed by atoms with Crippen molar-refractivity contribution in [1.29, 1.82) is 0 Å². The minimum Gasteiger partial charge on any atom is -0.343 e. The van der Waals surface area contributed by atoms with Gasteiger partial charge in [-0.15, -0.1) is 0 Å². The third-order valence-electron chi connectivity index (χ3n) is 0.781. The van der Waals surface area contributed by atoms with Crippen LogP contribution in [-0.2, 0) is 0 Å². The normalized spacial score (nSPS) is 7.80. The molecule has 0 unspecified atom stereocenters. The Morgan fingerprint density at radius 2 is 1.60 bits per heavy atom. The first-order valence-corrected chi connectivity index (χ1v) is 3.72. The van der Waals surface area contributed by atoms with Gasteiger partial charge in [-0.25, -0.2) is 0 Å². The van der Waals surface area contributed by atoms with Gasteiger partial charge < -0.3 is 13.3 Å². The molecule has 0 saturated heterocycles. The molecule has 0 radical (unpaired) electrons. The fraction of sp³-hybridized carbons (Fsp3) is 0.778. The van der Waals surface area contributed by atoms with Crippen LogP contribution >= 0.6 is 0 Å². The van der Waals surface area contributed by atoms with Crippen LogP contribution in [0.15, 0.2) is 0 Å². The maximum Gasteiger partial charge on any atom is 2.00 e. The molecule has 0 aromatic heterocycles. The average molecular weight is 153 g/mol. The maximum absolute atomic E-state index is 3.73. The summed E-state index contributed by atoms with van der Waals surface area (Å²) in [4.78, 5) is 0. The van der Waals surface area contributed by atoms with Crippen molar-refractivity contribution >= 4 is 23.1 Å². The third kappa shape index (κ3) is 37.3. The number of hydrogen-bond donors (Lipinski definition) is 0. The molecule has 0 aliphatic rings. The van der Waals surface area contributed by atoms with Gasteiger partial charge in [0.25, 0.3) is 0 Å². The summed E-state index contributed by atoms with van der Waals surface area (Å²) in [7, 11) is 0. The van der Waals surface area contributed by atoms with Crippen molar-refractivity contribution in [2.45, 2.75) is 40.5 Å². The van der Waals surface area contributed by atoms with E-state index in [0.29, 0.717) is 0 Å². The first-order chi connectivity index (χ1) is 4.18. The second-order valence-corrected chi connectivity index (χ2v) is 2.61. The molecule has 0 saturated carbocycles. The van der Waals surface area contributed by atoms with Crippen LogP contribution in [0.5, 0.6) is 0 Å². The van der Waals surface area contributed by atoms with Crippen molar-refractivity contribution < 1.29 is 0 Å². The van der Waals surface area contributed by atoms with E-state index >= 15 is 0 Å². The molecule has 0 N–H and O–H groups in total. The average Bonchev–Trinajstić information content (AvgIpc) is 1.67. The Balaban J connectivity index is -0.000000107. The van der Waals surface area contributed by atoms with Crippen LogP contribution in [0.1, 0.15) is 40.5 Å². The molecule has 0 aromatic carbocycles.